The number of nitro benzene ring substituents is 1. The lowest BCUT2D eigenvalue weighted by molar-refractivity contribution is -0.384. The zero-order valence-corrected chi connectivity index (χ0v) is 23.8. The number of rotatable bonds is 8. The average Bonchev–Trinajstić information content (AvgIpc) is 3.00. The van der Waals surface area contributed by atoms with Crippen molar-refractivity contribution in [3.05, 3.63) is 92.1 Å². The molecule has 0 radical (unpaired) electrons. The van der Waals surface area contributed by atoms with E-state index in [2.05, 4.69) is 0 Å². The molecule has 1 fully saturated rings. The summed E-state index contributed by atoms with van der Waals surface area (Å²) in [6, 6.07) is 15.9. The van der Waals surface area contributed by atoms with Crippen molar-refractivity contribution in [3.63, 3.8) is 0 Å². The van der Waals surface area contributed by atoms with Gasteiger partial charge in [-0.05, 0) is 48.5 Å². The second kappa shape index (κ2) is 11.8. The van der Waals surface area contributed by atoms with Gasteiger partial charge < -0.3 is 18.8 Å². The van der Waals surface area contributed by atoms with Crippen molar-refractivity contribution in [2.24, 2.45) is 0 Å². The van der Waals surface area contributed by atoms with Crippen LogP contribution in [0.4, 0.5) is 5.69 Å². The molecule has 0 atom stereocenters. The molecule has 12 nitrogen and oxygen atoms in total. The first-order chi connectivity index (χ1) is 20.1. The van der Waals surface area contributed by atoms with Crippen molar-refractivity contribution in [2.75, 3.05) is 39.9 Å². The molecule has 1 aromatic heterocycles. The molecule has 0 spiro atoms. The SMILES string of the molecule is COc1ccc2c(=O)c(OCC(=O)N3CCN(S(=O)(=O)c4ccc([N+](=O)[O-])cc4)CC3)c(-c3ccc(Cl)cc3)oc2c1. The van der Waals surface area contributed by atoms with E-state index >= 15 is 0 Å². The van der Waals surface area contributed by atoms with Gasteiger partial charge in [0.05, 0.1) is 22.3 Å². The Morgan fingerprint density at radius 2 is 1.69 bits per heavy atom. The average molecular weight is 614 g/mol. The van der Waals surface area contributed by atoms with E-state index in [0.717, 1.165) is 12.1 Å². The Hall–Kier alpha value is -4.46. The molecule has 3 aromatic carbocycles. The first-order valence-electron chi connectivity index (χ1n) is 12.6. The van der Waals surface area contributed by atoms with Gasteiger partial charge in [-0.2, -0.15) is 4.31 Å². The minimum atomic E-state index is -3.91. The summed E-state index contributed by atoms with van der Waals surface area (Å²) in [5.41, 5.74) is 0.0847. The number of hydrogen-bond donors (Lipinski definition) is 0. The Morgan fingerprint density at radius 3 is 2.31 bits per heavy atom. The summed E-state index contributed by atoms with van der Waals surface area (Å²) in [4.78, 5) is 38.1. The van der Waals surface area contributed by atoms with Crippen LogP contribution in [0.15, 0.2) is 80.8 Å². The third kappa shape index (κ3) is 5.79. The first-order valence-corrected chi connectivity index (χ1v) is 14.5. The Balaban J connectivity index is 1.32. The summed E-state index contributed by atoms with van der Waals surface area (Å²) in [7, 11) is -2.42. The van der Waals surface area contributed by atoms with Gasteiger partial charge in [0.1, 0.15) is 11.3 Å². The van der Waals surface area contributed by atoms with Gasteiger partial charge in [0.2, 0.25) is 21.2 Å². The fourth-order valence-electron chi connectivity index (χ4n) is 4.50. The molecular formula is C28H24ClN3O9S. The number of halogens is 1. The van der Waals surface area contributed by atoms with Gasteiger partial charge in [-0.3, -0.25) is 19.7 Å². The number of nitro groups is 1. The highest BCUT2D eigenvalue weighted by Crippen LogP contribution is 2.33. The molecule has 1 aliphatic rings. The van der Waals surface area contributed by atoms with Crippen LogP contribution >= 0.6 is 11.6 Å². The summed E-state index contributed by atoms with van der Waals surface area (Å²) < 4.78 is 44.3. The maximum Gasteiger partial charge on any atom is 0.269 e. The summed E-state index contributed by atoms with van der Waals surface area (Å²) >= 11 is 6.03. The van der Waals surface area contributed by atoms with Crippen LogP contribution < -0.4 is 14.9 Å². The van der Waals surface area contributed by atoms with Crippen molar-refractivity contribution in [1.82, 2.24) is 9.21 Å². The van der Waals surface area contributed by atoms with Gasteiger partial charge >= 0.3 is 0 Å². The van der Waals surface area contributed by atoms with E-state index in [4.69, 9.17) is 25.5 Å². The van der Waals surface area contributed by atoms with Crippen molar-refractivity contribution in [1.29, 1.82) is 0 Å². The predicted octanol–water partition coefficient (Wildman–Crippen LogP) is 3.94. The molecule has 0 aliphatic carbocycles. The van der Waals surface area contributed by atoms with E-state index in [1.54, 1.807) is 42.5 Å². The van der Waals surface area contributed by atoms with Crippen molar-refractivity contribution in [2.45, 2.75) is 4.90 Å². The summed E-state index contributed by atoms with van der Waals surface area (Å²) in [6.45, 7) is -0.278. The molecule has 218 valence electrons. The van der Waals surface area contributed by atoms with E-state index in [1.807, 2.05) is 0 Å². The van der Waals surface area contributed by atoms with E-state index in [-0.39, 0.29) is 59.2 Å². The lowest BCUT2D eigenvalue weighted by Crippen LogP contribution is -2.51. The largest absolute Gasteiger partial charge is 0.497 e. The normalized spacial score (nSPS) is 14.1. The highest BCUT2D eigenvalue weighted by molar-refractivity contribution is 7.89. The van der Waals surface area contributed by atoms with Gasteiger partial charge in [0.15, 0.2) is 12.4 Å². The summed E-state index contributed by atoms with van der Waals surface area (Å²) in [5.74, 6) is 0.0110. The smallest absolute Gasteiger partial charge is 0.269 e. The van der Waals surface area contributed by atoms with Gasteiger partial charge in [-0.1, -0.05) is 11.6 Å². The fraction of sp³-hybridized carbons (Fsp3) is 0.214. The number of sulfonamides is 1. The minimum absolute atomic E-state index is 0.0149. The molecule has 0 unspecified atom stereocenters. The Kier molecular flexibility index (Phi) is 8.16. The van der Waals surface area contributed by atoms with Crippen LogP contribution in [0.3, 0.4) is 0 Å². The van der Waals surface area contributed by atoms with Crippen LogP contribution in [0.1, 0.15) is 0 Å². The molecular weight excluding hydrogens is 590 g/mol. The molecule has 2 heterocycles. The zero-order chi connectivity index (χ0) is 30.0. The molecule has 14 heteroatoms. The van der Waals surface area contributed by atoms with Gasteiger partial charge in [-0.25, -0.2) is 8.42 Å². The number of carbonyl (C=O) groups is 1. The van der Waals surface area contributed by atoms with Gasteiger partial charge in [0, 0.05) is 55.0 Å². The number of hydrogen-bond acceptors (Lipinski definition) is 9. The summed E-state index contributed by atoms with van der Waals surface area (Å²) in [6.07, 6.45) is 0. The number of ether oxygens (including phenoxy) is 2. The Bertz CT molecular complexity index is 1820. The van der Waals surface area contributed by atoms with Crippen molar-refractivity contribution < 1.29 is 32.0 Å². The third-order valence-electron chi connectivity index (χ3n) is 6.78. The summed E-state index contributed by atoms with van der Waals surface area (Å²) in [5, 5.41) is 11.6. The van der Waals surface area contributed by atoms with Crippen LogP contribution in [-0.2, 0) is 14.8 Å². The molecule has 1 saturated heterocycles. The molecule has 1 amide bonds. The fourth-order valence-corrected chi connectivity index (χ4v) is 6.05. The Labute approximate surface area is 244 Å². The number of benzene rings is 3. The third-order valence-corrected chi connectivity index (χ3v) is 8.95. The molecule has 0 N–H and O–H groups in total. The number of amides is 1. The molecule has 4 aromatic rings. The lowest BCUT2D eigenvalue weighted by Gasteiger charge is -2.33. The number of methoxy groups -OCH3 is 1. The number of nitrogens with zero attached hydrogens (tertiary/aromatic N) is 3. The number of piperazine rings is 1. The standard InChI is InChI=1S/C28H24ClN3O9S/c1-39-21-8-11-23-24(16-21)41-27(18-2-4-19(29)5-3-18)28(26(23)34)40-17-25(33)30-12-14-31(15-13-30)42(37,38)22-9-6-20(7-10-22)32(35)36/h2-11,16H,12-15,17H2,1H3. The highest BCUT2D eigenvalue weighted by atomic mass is 35.5. The maximum atomic E-state index is 13.4. The second-order valence-corrected chi connectivity index (χ2v) is 11.7. The molecule has 5 rings (SSSR count). The molecule has 42 heavy (non-hydrogen) atoms. The van der Waals surface area contributed by atoms with Crippen LogP contribution in [0, 0.1) is 10.1 Å². The van der Waals surface area contributed by atoms with E-state index in [1.165, 1.54) is 28.4 Å². The maximum absolute atomic E-state index is 13.4. The molecule has 0 saturated carbocycles. The van der Waals surface area contributed by atoms with Crippen LogP contribution in [0.25, 0.3) is 22.3 Å². The van der Waals surface area contributed by atoms with Gasteiger partial charge in [0.25, 0.3) is 11.6 Å². The zero-order valence-electron chi connectivity index (χ0n) is 22.2. The van der Waals surface area contributed by atoms with Crippen molar-refractivity contribution >= 4 is 44.2 Å². The molecule has 0 bridgehead atoms. The van der Waals surface area contributed by atoms with E-state index in [9.17, 15) is 28.1 Å². The Morgan fingerprint density at radius 1 is 1.02 bits per heavy atom. The molecule has 1 aliphatic heterocycles. The monoisotopic (exact) mass is 613 g/mol. The minimum Gasteiger partial charge on any atom is -0.497 e. The van der Waals surface area contributed by atoms with Crippen LogP contribution in [0.2, 0.25) is 5.02 Å². The number of non-ortho nitro benzene ring substituents is 1. The number of fused-ring (bicyclic) bond motifs is 1. The van der Waals surface area contributed by atoms with E-state index < -0.39 is 32.9 Å². The second-order valence-electron chi connectivity index (χ2n) is 9.28. The van der Waals surface area contributed by atoms with Crippen molar-refractivity contribution in [3.8, 4) is 22.8 Å². The predicted molar refractivity (Wildman–Crippen MR) is 153 cm³/mol. The van der Waals surface area contributed by atoms with Crippen LogP contribution in [-0.4, -0.2) is 68.3 Å². The topological polar surface area (TPSA) is 150 Å². The number of carbonyl (C=O) groups excluding carboxylic acids is 1. The van der Waals surface area contributed by atoms with Gasteiger partial charge in [-0.15, -0.1) is 0 Å². The quantitative estimate of drug-likeness (QED) is 0.213. The van der Waals surface area contributed by atoms with Crippen LogP contribution in [0.5, 0.6) is 11.5 Å². The lowest BCUT2D eigenvalue weighted by atomic mass is 10.1. The highest BCUT2D eigenvalue weighted by Gasteiger charge is 2.31. The first kappa shape index (κ1) is 29.0. The van der Waals surface area contributed by atoms with E-state index in [0.29, 0.717) is 16.3 Å².